The van der Waals surface area contributed by atoms with E-state index in [9.17, 15) is 5.11 Å². The van der Waals surface area contributed by atoms with Gasteiger partial charge >= 0.3 is 0 Å². The molecule has 0 fully saturated rings. The largest absolute Gasteiger partial charge is 0.497 e. The Labute approximate surface area is 105 Å². The van der Waals surface area contributed by atoms with Crippen LogP contribution >= 0.6 is 0 Å². The molecule has 0 aliphatic carbocycles. The van der Waals surface area contributed by atoms with Crippen molar-refractivity contribution in [3.63, 3.8) is 0 Å². The molecule has 0 saturated heterocycles. The maximum Gasteiger partial charge on any atom is 0.119 e. The molecule has 1 aromatic rings. The van der Waals surface area contributed by atoms with E-state index in [-0.39, 0.29) is 0 Å². The zero-order valence-electron chi connectivity index (χ0n) is 10.8. The molecule has 1 N–H and O–H groups in total. The number of unbranched alkanes of at least 4 members (excludes halogenated alkanes) is 3. The molecular formula is C14H21BO2. The Bertz CT molecular complexity index is 339. The molecule has 1 atom stereocenters. The normalized spacial score (nSPS) is 12.4. The summed E-state index contributed by atoms with van der Waals surface area (Å²) >= 11 is 0. The molecule has 2 nitrogen and oxygen atoms in total. The molecule has 1 aromatic carbocycles. The van der Waals surface area contributed by atoms with E-state index in [0.717, 1.165) is 24.8 Å². The summed E-state index contributed by atoms with van der Waals surface area (Å²) < 4.78 is 5.24. The van der Waals surface area contributed by atoms with Crippen LogP contribution in [-0.4, -0.2) is 20.1 Å². The minimum Gasteiger partial charge on any atom is -0.497 e. The van der Waals surface area contributed by atoms with Crippen molar-refractivity contribution in [1.29, 1.82) is 0 Å². The van der Waals surface area contributed by atoms with Crippen molar-refractivity contribution in [2.75, 3.05) is 7.11 Å². The fraction of sp³-hybridized carbons (Fsp3) is 0.571. The first kappa shape index (κ1) is 14.1. The predicted molar refractivity (Wildman–Crippen MR) is 72.1 cm³/mol. The first-order valence-electron chi connectivity index (χ1n) is 6.31. The number of aliphatic hydroxyl groups is 1. The van der Waals surface area contributed by atoms with Crippen molar-refractivity contribution in [1.82, 2.24) is 0 Å². The summed E-state index contributed by atoms with van der Waals surface area (Å²) in [6.07, 6.45) is 4.91. The molecule has 0 aromatic heterocycles. The van der Waals surface area contributed by atoms with Gasteiger partial charge in [0.1, 0.15) is 13.6 Å². The van der Waals surface area contributed by atoms with Crippen LogP contribution in [0.2, 0.25) is 0 Å². The average molecular weight is 232 g/mol. The van der Waals surface area contributed by atoms with Crippen LogP contribution in [0.25, 0.3) is 0 Å². The van der Waals surface area contributed by atoms with Crippen molar-refractivity contribution in [2.24, 2.45) is 0 Å². The zero-order chi connectivity index (χ0) is 12.7. The van der Waals surface area contributed by atoms with Crippen molar-refractivity contribution in [2.45, 2.75) is 45.1 Å². The highest BCUT2D eigenvalue weighted by Gasteiger charge is 2.13. The smallest absolute Gasteiger partial charge is 0.119 e. The molecule has 0 heterocycles. The molecule has 0 amide bonds. The molecule has 0 spiro atoms. The number of hydrogen-bond donors (Lipinski definition) is 1. The lowest BCUT2D eigenvalue weighted by atomic mass is 9.90. The molecule has 3 heteroatoms. The minimum absolute atomic E-state index is 0.481. The lowest BCUT2D eigenvalue weighted by Crippen LogP contribution is -2.12. The van der Waals surface area contributed by atoms with E-state index in [4.69, 9.17) is 12.6 Å². The van der Waals surface area contributed by atoms with Crippen molar-refractivity contribution < 1.29 is 9.84 Å². The summed E-state index contributed by atoms with van der Waals surface area (Å²) in [5.41, 5.74) is 1.38. The summed E-state index contributed by atoms with van der Waals surface area (Å²) in [5, 5.41) is 10.1. The van der Waals surface area contributed by atoms with Gasteiger partial charge in [-0.15, -0.1) is 0 Å². The summed E-state index contributed by atoms with van der Waals surface area (Å²) in [4.78, 5) is 0. The Balaban J connectivity index is 2.61. The van der Waals surface area contributed by atoms with Gasteiger partial charge in [-0.3, -0.25) is 0 Å². The lowest BCUT2D eigenvalue weighted by molar-refractivity contribution is 0.159. The number of aliphatic hydroxyl groups excluding tert-OH is 1. The molecule has 0 saturated carbocycles. The van der Waals surface area contributed by atoms with Crippen LogP contribution in [0.4, 0.5) is 0 Å². The Hall–Kier alpha value is -0.955. The molecule has 0 aliphatic rings. The van der Waals surface area contributed by atoms with Gasteiger partial charge in [0, 0.05) is 5.56 Å². The van der Waals surface area contributed by atoms with Crippen molar-refractivity contribution in [3.8, 4) is 5.75 Å². The van der Waals surface area contributed by atoms with E-state index in [1.165, 1.54) is 12.8 Å². The van der Waals surface area contributed by atoms with Gasteiger partial charge in [-0.2, -0.15) is 0 Å². The van der Waals surface area contributed by atoms with Gasteiger partial charge in [0.25, 0.3) is 0 Å². The van der Waals surface area contributed by atoms with Gasteiger partial charge in [-0.1, -0.05) is 56.3 Å². The maximum absolute atomic E-state index is 10.1. The molecule has 0 aliphatic heterocycles. The zero-order valence-corrected chi connectivity index (χ0v) is 10.8. The third-order valence-electron chi connectivity index (χ3n) is 2.97. The number of methoxy groups -OCH3 is 1. The quantitative estimate of drug-likeness (QED) is 0.578. The Kier molecular flexibility index (Phi) is 6.13. The van der Waals surface area contributed by atoms with Crippen LogP contribution in [0.1, 0.15) is 50.7 Å². The van der Waals surface area contributed by atoms with Crippen LogP contribution in [0.3, 0.4) is 0 Å². The van der Waals surface area contributed by atoms with E-state index < -0.39 is 6.10 Å². The molecular weight excluding hydrogens is 211 g/mol. The fourth-order valence-corrected chi connectivity index (χ4v) is 1.99. The van der Waals surface area contributed by atoms with E-state index >= 15 is 0 Å². The SMILES string of the molecule is [B]c1cccc(C(O)CCCCCC)c1OC. The summed E-state index contributed by atoms with van der Waals surface area (Å²) in [6.45, 7) is 2.18. The van der Waals surface area contributed by atoms with Gasteiger partial charge in [0.2, 0.25) is 0 Å². The highest BCUT2D eigenvalue weighted by molar-refractivity contribution is 6.34. The molecule has 2 radical (unpaired) electrons. The maximum atomic E-state index is 10.1. The summed E-state index contributed by atoms with van der Waals surface area (Å²) in [5.74, 6) is 0.607. The molecule has 92 valence electrons. The first-order chi connectivity index (χ1) is 8.20. The standard InChI is InChI=1S/C14H21BO2/c1-3-4-5-6-10-13(16)11-8-7-9-12(15)14(11)17-2/h7-9,13,16H,3-6,10H2,1-2H3. The fourth-order valence-electron chi connectivity index (χ4n) is 1.99. The van der Waals surface area contributed by atoms with Crippen LogP contribution in [0, 0.1) is 0 Å². The van der Waals surface area contributed by atoms with Crippen molar-refractivity contribution in [3.05, 3.63) is 23.8 Å². The molecule has 0 bridgehead atoms. The van der Waals surface area contributed by atoms with Gasteiger partial charge in [0.15, 0.2) is 0 Å². The van der Waals surface area contributed by atoms with Crippen LogP contribution < -0.4 is 10.2 Å². The van der Waals surface area contributed by atoms with Gasteiger partial charge in [-0.25, -0.2) is 0 Å². The molecule has 17 heavy (non-hydrogen) atoms. The number of hydrogen-bond acceptors (Lipinski definition) is 2. The van der Waals surface area contributed by atoms with Crippen LogP contribution in [0.5, 0.6) is 5.75 Å². The molecule has 1 rings (SSSR count). The Morgan fingerprint density at radius 3 is 2.71 bits per heavy atom. The summed E-state index contributed by atoms with van der Waals surface area (Å²) in [6, 6.07) is 5.51. The van der Waals surface area contributed by atoms with Gasteiger partial charge in [-0.05, 0) is 6.42 Å². The van der Waals surface area contributed by atoms with E-state index in [0.29, 0.717) is 11.2 Å². The molecule has 1 unspecified atom stereocenters. The monoisotopic (exact) mass is 232 g/mol. The average Bonchev–Trinajstić information content (AvgIpc) is 2.34. The number of rotatable bonds is 7. The second kappa shape index (κ2) is 7.39. The van der Waals surface area contributed by atoms with Crippen molar-refractivity contribution >= 4 is 13.3 Å². The topological polar surface area (TPSA) is 29.5 Å². The van der Waals surface area contributed by atoms with Gasteiger partial charge < -0.3 is 9.84 Å². The first-order valence-corrected chi connectivity index (χ1v) is 6.31. The van der Waals surface area contributed by atoms with E-state index in [2.05, 4.69) is 6.92 Å². The van der Waals surface area contributed by atoms with Crippen LogP contribution in [0.15, 0.2) is 18.2 Å². The Morgan fingerprint density at radius 1 is 1.29 bits per heavy atom. The highest BCUT2D eigenvalue weighted by atomic mass is 16.5. The van der Waals surface area contributed by atoms with E-state index in [1.54, 1.807) is 13.2 Å². The number of ether oxygens (including phenoxy) is 1. The number of para-hydroxylation sites is 1. The second-order valence-corrected chi connectivity index (χ2v) is 4.33. The third-order valence-corrected chi connectivity index (χ3v) is 2.97. The van der Waals surface area contributed by atoms with Crippen LogP contribution in [-0.2, 0) is 0 Å². The third kappa shape index (κ3) is 4.08. The number of benzene rings is 1. The Morgan fingerprint density at radius 2 is 2.06 bits per heavy atom. The second-order valence-electron chi connectivity index (χ2n) is 4.33. The summed E-state index contributed by atoms with van der Waals surface area (Å²) in [7, 11) is 7.39. The lowest BCUT2D eigenvalue weighted by Gasteiger charge is -2.16. The highest BCUT2D eigenvalue weighted by Crippen LogP contribution is 2.26. The predicted octanol–water partition coefficient (Wildman–Crippen LogP) is 2.49. The van der Waals surface area contributed by atoms with E-state index in [1.807, 2.05) is 12.1 Å². The minimum atomic E-state index is -0.481. The van der Waals surface area contributed by atoms with Gasteiger partial charge in [0.05, 0.1) is 13.2 Å².